The van der Waals surface area contributed by atoms with E-state index < -0.39 is 0 Å². The number of nitrogens with zero attached hydrogens (tertiary/aromatic N) is 3. The summed E-state index contributed by atoms with van der Waals surface area (Å²) >= 11 is 0. The highest BCUT2D eigenvalue weighted by atomic mass is 79.9. The second kappa shape index (κ2) is 8.73. The van der Waals surface area contributed by atoms with Crippen LogP contribution in [0.5, 0.6) is 0 Å². The van der Waals surface area contributed by atoms with E-state index in [1.807, 2.05) is 32.9 Å². The second-order valence-electron chi connectivity index (χ2n) is 10.3. The number of benzene rings is 1. The van der Waals surface area contributed by atoms with Crippen LogP contribution in [-0.4, -0.2) is 39.9 Å². The Labute approximate surface area is 209 Å². The van der Waals surface area contributed by atoms with Crippen molar-refractivity contribution in [3.8, 4) is 0 Å². The van der Waals surface area contributed by atoms with Gasteiger partial charge in [-0.1, -0.05) is 26.8 Å². The molecule has 1 aliphatic carbocycles. The number of hydrogen-bond donors (Lipinski definition) is 1. The molecule has 5 rings (SSSR count). The lowest BCUT2D eigenvalue weighted by atomic mass is 9.84. The van der Waals surface area contributed by atoms with E-state index in [1.165, 1.54) is 4.90 Å². The quantitative estimate of drug-likeness (QED) is 0.458. The molecule has 0 radical (unpaired) electrons. The first-order valence-corrected chi connectivity index (χ1v) is 11.5. The van der Waals surface area contributed by atoms with Crippen molar-refractivity contribution in [1.82, 2.24) is 9.88 Å². The molecule has 1 saturated carbocycles. The van der Waals surface area contributed by atoms with Crippen LogP contribution in [0.25, 0.3) is 0 Å². The minimum Gasteiger partial charge on any atom is -0.343 e. The minimum atomic E-state index is -0.367. The molecule has 3 aliphatic rings. The van der Waals surface area contributed by atoms with E-state index in [9.17, 15) is 14.4 Å². The Balaban J connectivity index is 0.00000274. The van der Waals surface area contributed by atoms with Gasteiger partial charge < -0.3 is 4.90 Å². The highest BCUT2D eigenvalue weighted by Gasteiger charge is 2.35. The number of carbonyl (C=O) groups is 3. The number of hydrogen-bond acceptors (Lipinski definition) is 5. The van der Waals surface area contributed by atoms with Crippen LogP contribution in [0.4, 0.5) is 5.69 Å². The summed E-state index contributed by atoms with van der Waals surface area (Å²) in [6.45, 7) is 6.58. The Morgan fingerprint density at radius 3 is 2.38 bits per heavy atom. The van der Waals surface area contributed by atoms with Gasteiger partial charge in [0.05, 0.1) is 12.2 Å². The average molecular weight is 525 g/mol. The molecule has 7 nitrogen and oxygen atoms in total. The predicted molar refractivity (Wildman–Crippen MR) is 135 cm³/mol. The molecule has 34 heavy (non-hydrogen) atoms. The van der Waals surface area contributed by atoms with Crippen molar-refractivity contribution in [3.05, 3.63) is 58.4 Å². The van der Waals surface area contributed by atoms with Gasteiger partial charge in [-0.25, -0.2) is 4.98 Å². The first-order chi connectivity index (χ1) is 15.6. The van der Waals surface area contributed by atoms with Gasteiger partial charge in [0.1, 0.15) is 11.5 Å². The summed E-state index contributed by atoms with van der Waals surface area (Å²) in [6, 6.07) is 9.27. The number of pyridine rings is 1. The van der Waals surface area contributed by atoms with Gasteiger partial charge in [-0.05, 0) is 48.1 Å². The van der Waals surface area contributed by atoms with Crippen molar-refractivity contribution in [3.63, 3.8) is 0 Å². The predicted octanol–water partition coefficient (Wildman–Crippen LogP) is 4.51. The van der Waals surface area contributed by atoms with E-state index in [4.69, 9.17) is 10.4 Å². The fraction of sp³-hybridized carbons (Fsp3) is 0.423. The standard InChI is InChI=1S/C26H28N4O3.BrH/c1-26(2,3)18-12-16(7-9-20(18)30-22(32)10-11-23(30)33)21(31)14-29-13-17-6-8-19(15-4-5-15)28-24(17)25(29)27;/h6-9,12,15,27H,4-5,10-11,13-14H2,1-3H3;1H. The summed E-state index contributed by atoms with van der Waals surface area (Å²) < 4.78 is 0. The number of carbonyl (C=O) groups excluding carboxylic acids is 3. The van der Waals surface area contributed by atoms with Crippen LogP contribution in [-0.2, 0) is 21.5 Å². The Hall–Kier alpha value is -2.87. The van der Waals surface area contributed by atoms with Gasteiger partial charge in [0.2, 0.25) is 11.8 Å². The smallest absolute Gasteiger partial charge is 0.234 e. The van der Waals surface area contributed by atoms with Crippen molar-refractivity contribution in [2.75, 3.05) is 11.4 Å². The molecule has 1 saturated heterocycles. The molecule has 1 aromatic carbocycles. The second-order valence-corrected chi connectivity index (χ2v) is 10.3. The molecule has 178 valence electrons. The third-order valence-electron chi connectivity index (χ3n) is 6.65. The number of anilines is 1. The zero-order chi connectivity index (χ0) is 23.5. The average Bonchev–Trinajstić information content (AvgIpc) is 3.50. The lowest BCUT2D eigenvalue weighted by Gasteiger charge is -2.27. The van der Waals surface area contributed by atoms with Crippen LogP contribution in [0.2, 0.25) is 0 Å². The van der Waals surface area contributed by atoms with Gasteiger partial charge in [0.15, 0.2) is 5.78 Å². The van der Waals surface area contributed by atoms with E-state index in [0.717, 1.165) is 29.7 Å². The van der Waals surface area contributed by atoms with E-state index >= 15 is 0 Å². The van der Waals surface area contributed by atoms with E-state index in [-0.39, 0.29) is 59.4 Å². The van der Waals surface area contributed by atoms with Crippen LogP contribution in [0.3, 0.4) is 0 Å². The molecular formula is C26H29BrN4O3. The summed E-state index contributed by atoms with van der Waals surface area (Å²) in [5.41, 5.74) is 4.20. The Morgan fingerprint density at radius 2 is 1.76 bits per heavy atom. The number of amides is 2. The van der Waals surface area contributed by atoms with Crippen LogP contribution in [0.15, 0.2) is 30.3 Å². The van der Waals surface area contributed by atoms with Crippen molar-refractivity contribution in [1.29, 1.82) is 5.41 Å². The molecule has 0 bridgehead atoms. The van der Waals surface area contributed by atoms with Gasteiger partial charge in [-0.15, -0.1) is 17.0 Å². The van der Waals surface area contributed by atoms with Crippen molar-refractivity contribution in [2.24, 2.45) is 0 Å². The topological polar surface area (TPSA) is 94.4 Å². The minimum absolute atomic E-state index is 0. The molecule has 1 N–H and O–H groups in total. The van der Waals surface area contributed by atoms with Crippen molar-refractivity contribution >= 4 is 46.1 Å². The summed E-state index contributed by atoms with van der Waals surface area (Å²) in [5, 5.41) is 8.56. The normalized spacial score (nSPS) is 17.8. The summed E-state index contributed by atoms with van der Waals surface area (Å²) in [6.07, 6.45) is 2.75. The largest absolute Gasteiger partial charge is 0.343 e. The number of imide groups is 1. The number of aromatic nitrogens is 1. The van der Waals surface area contributed by atoms with Crippen LogP contribution in [0, 0.1) is 5.41 Å². The highest BCUT2D eigenvalue weighted by molar-refractivity contribution is 8.93. The monoisotopic (exact) mass is 524 g/mol. The van der Waals surface area contributed by atoms with Gasteiger partial charge in [-0.3, -0.25) is 24.7 Å². The zero-order valence-corrected chi connectivity index (χ0v) is 21.4. The van der Waals surface area contributed by atoms with E-state index in [1.54, 1.807) is 23.1 Å². The van der Waals surface area contributed by atoms with Gasteiger partial charge >= 0.3 is 0 Å². The molecule has 3 heterocycles. The Kier molecular flexibility index (Phi) is 6.23. The number of halogens is 1. The molecule has 0 atom stereocenters. The first-order valence-electron chi connectivity index (χ1n) is 11.5. The number of rotatable bonds is 5. The van der Waals surface area contributed by atoms with Crippen molar-refractivity contribution in [2.45, 2.75) is 64.3 Å². The highest BCUT2D eigenvalue weighted by Crippen LogP contribution is 2.40. The number of nitrogens with one attached hydrogen (secondary N) is 1. The number of ketones is 1. The third kappa shape index (κ3) is 4.31. The maximum Gasteiger partial charge on any atom is 0.234 e. The third-order valence-corrected chi connectivity index (χ3v) is 6.65. The zero-order valence-electron chi connectivity index (χ0n) is 19.7. The molecule has 0 unspecified atom stereocenters. The fourth-order valence-corrected chi connectivity index (χ4v) is 4.63. The van der Waals surface area contributed by atoms with E-state index in [2.05, 4.69) is 0 Å². The molecule has 2 aromatic rings. The van der Waals surface area contributed by atoms with Gasteiger partial charge in [-0.2, -0.15) is 0 Å². The summed E-state index contributed by atoms with van der Waals surface area (Å²) in [4.78, 5) is 45.6. The molecule has 2 amide bonds. The molecule has 2 aliphatic heterocycles. The maximum absolute atomic E-state index is 13.2. The van der Waals surface area contributed by atoms with Crippen LogP contribution >= 0.6 is 17.0 Å². The molecule has 2 fully saturated rings. The molecule has 8 heteroatoms. The first kappa shape index (κ1) is 24.3. The lowest BCUT2D eigenvalue weighted by Crippen LogP contribution is -2.32. The fourth-order valence-electron chi connectivity index (χ4n) is 4.63. The molecule has 1 aromatic heterocycles. The molecule has 0 spiro atoms. The molecular weight excluding hydrogens is 496 g/mol. The van der Waals surface area contributed by atoms with Crippen LogP contribution in [0.1, 0.15) is 85.2 Å². The number of amidine groups is 1. The van der Waals surface area contributed by atoms with Crippen molar-refractivity contribution < 1.29 is 14.4 Å². The Bertz CT molecular complexity index is 1200. The SMILES string of the molecule is Br.CC(C)(C)c1cc(C(=O)CN2Cc3ccc(C4CC4)nc3C2=N)ccc1N1C(=O)CCC1=O. The number of fused-ring (bicyclic) bond motifs is 1. The van der Waals surface area contributed by atoms with Gasteiger partial charge in [0, 0.05) is 42.1 Å². The maximum atomic E-state index is 13.2. The van der Waals surface area contributed by atoms with Crippen LogP contribution < -0.4 is 4.90 Å². The summed E-state index contributed by atoms with van der Waals surface area (Å²) in [5.74, 6) is 0.298. The summed E-state index contributed by atoms with van der Waals surface area (Å²) in [7, 11) is 0. The lowest BCUT2D eigenvalue weighted by molar-refractivity contribution is -0.121. The van der Waals surface area contributed by atoms with Gasteiger partial charge in [0.25, 0.3) is 0 Å². The Morgan fingerprint density at radius 1 is 1.09 bits per heavy atom. The van der Waals surface area contributed by atoms with E-state index in [0.29, 0.717) is 35.2 Å². The number of Topliss-reactive ketones (excluding diaryl/α,β-unsaturated/α-hetero) is 1.